The van der Waals surface area contributed by atoms with Crippen molar-refractivity contribution in [3.05, 3.63) is 48.4 Å². The first-order chi connectivity index (χ1) is 11.1. The standard InChI is InChI=1S/C17H19N3O3/c1-11-9-18-16(23-11)13-3-2-4-14(8-13)19-17(22)20-15-6-5-12(7-15)10-21/h2-6,8-9,12,15,21H,7,10H2,1H3,(H2,19,20,22)/t12-,15+/m0/s1. The first-order valence-corrected chi connectivity index (χ1v) is 7.53. The number of nitrogens with one attached hydrogen (secondary N) is 2. The molecule has 0 saturated carbocycles. The van der Waals surface area contributed by atoms with Gasteiger partial charge in [0.25, 0.3) is 0 Å². The molecule has 0 bridgehead atoms. The normalized spacial score (nSPS) is 19.7. The summed E-state index contributed by atoms with van der Waals surface area (Å²) in [6.45, 7) is 1.94. The molecular weight excluding hydrogens is 294 g/mol. The van der Waals surface area contributed by atoms with Gasteiger partial charge < -0.3 is 20.2 Å². The fourth-order valence-electron chi connectivity index (χ4n) is 2.57. The minimum Gasteiger partial charge on any atom is -0.441 e. The summed E-state index contributed by atoms with van der Waals surface area (Å²) in [5.74, 6) is 1.38. The quantitative estimate of drug-likeness (QED) is 0.757. The summed E-state index contributed by atoms with van der Waals surface area (Å²) in [4.78, 5) is 16.2. The number of nitrogens with zero attached hydrogens (tertiary/aromatic N) is 1. The van der Waals surface area contributed by atoms with E-state index in [9.17, 15) is 4.79 Å². The molecule has 23 heavy (non-hydrogen) atoms. The summed E-state index contributed by atoms with van der Waals surface area (Å²) in [7, 11) is 0. The van der Waals surface area contributed by atoms with E-state index in [-0.39, 0.29) is 24.6 Å². The number of hydrogen-bond donors (Lipinski definition) is 3. The summed E-state index contributed by atoms with van der Waals surface area (Å²) >= 11 is 0. The van der Waals surface area contributed by atoms with Crippen molar-refractivity contribution < 1.29 is 14.3 Å². The highest BCUT2D eigenvalue weighted by molar-refractivity contribution is 5.90. The van der Waals surface area contributed by atoms with E-state index < -0.39 is 0 Å². The molecule has 0 spiro atoms. The maximum Gasteiger partial charge on any atom is 0.319 e. The van der Waals surface area contributed by atoms with E-state index in [1.54, 1.807) is 12.3 Å². The highest BCUT2D eigenvalue weighted by atomic mass is 16.4. The van der Waals surface area contributed by atoms with E-state index in [0.717, 1.165) is 17.7 Å². The Morgan fingerprint density at radius 2 is 2.30 bits per heavy atom. The van der Waals surface area contributed by atoms with Crippen LogP contribution >= 0.6 is 0 Å². The van der Waals surface area contributed by atoms with E-state index in [2.05, 4.69) is 15.6 Å². The number of carbonyl (C=O) groups excluding carboxylic acids is 1. The van der Waals surface area contributed by atoms with Crippen molar-refractivity contribution in [2.24, 2.45) is 5.92 Å². The molecule has 3 N–H and O–H groups in total. The van der Waals surface area contributed by atoms with Crippen LogP contribution in [0.4, 0.5) is 10.5 Å². The highest BCUT2D eigenvalue weighted by Crippen LogP contribution is 2.22. The number of aromatic nitrogens is 1. The summed E-state index contributed by atoms with van der Waals surface area (Å²) in [6, 6.07) is 7.00. The number of aryl methyl sites for hydroxylation is 1. The first kappa shape index (κ1) is 15.3. The van der Waals surface area contributed by atoms with Gasteiger partial charge in [0.15, 0.2) is 0 Å². The van der Waals surface area contributed by atoms with Crippen LogP contribution in [0.2, 0.25) is 0 Å². The molecule has 6 nitrogen and oxygen atoms in total. The molecule has 1 aliphatic rings. The Morgan fingerprint density at radius 3 is 3.00 bits per heavy atom. The SMILES string of the molecule is Cc1cnc(-c2cccc(NC(=O)N[C@@H]3C=C[C@H](CO)C3)c2)o1. The molecule has 6 heteroatoms. The minimum atomic E-state index is -0.279. The number of benzene rings is 1. The maximum atomic E-state index is 12.1. The number of carbonyl (C=O) groups is 1. The van der Waals surface area contributed by atoms with Gasteiger partial charge >= 0.3 is 6.03 Å². The fourth-order valence-corrected chi connectivity index (χ4v) is 2.57. The van der Waals surface area contributed by atoms with Crippen LogP contribution in [0.15, 0.2) is 47.0 Å². The van der Waals surface area contributed by atoms with Crippen LogP contribution in [0, 0.1) is 12.8 Å². The van der Waals surface area contributed by atoms with Gasteiger partial charge in [-0.3, -0.25) is 0 Å². The third kappa shape index (κ3) is 3.78. The number of aliphatic hydroxyl groups is 1. The van der Waals surface area contributed by atoms with Crippen LogP contribution in [-0.4, -0.2) is 28.8 Å². The Morgan fingerprint density at radius 1 is 1.43 bits per heavy atom. The van der Waals surface area contributed by atoms with E-state index in [1.807, 2.05) is 37.3 Å². The van der Waals surface area contributed by atoms with Crippen LogP contribution in [0.5, 0.6) is 0 Å². The van der Waals surface area contributed by atoms with Gasteiger partial charge in [-0.15, -0.1) is 0 Å². The smallest absolute Gasteiger partial charge is 0.319 e. The van der Waals surface area contributed by atoms with Gasteiger partial charge in [0.1, 0.15) is 5.76 Å². The van der Waals surface area contributed by atoms with Gasteiger partial charge in [-0.1, -0.05) is 18.2 Å². The van der Waals surface area contributed by atoms with Crippen LogP contribution in [0.3, 0.4) is 0 Å². The zero-order valence-electron chi connectivity index (χ0n) is 12.8. The molecular formula is C17H19N3O3. The lowest BCUT2D eigenvalue weighted by atomic mass is 10.1. The minimum absolute atomic E-state index is 0.0512. The van der Waals surface area contributed by atoms with Gasteiger partial charge in [0, 0.05) is 29.8 Å². The molecule has 2 atom stereocenters. The molecule has 1 aromatic carbocycles. The molecule has 0 unspecified atom stereocenters. The zero-order chi connectivity index (χ0) is 16.2. The van der Waals surface area contributed by atoms with Crippen molar-refractivity contribution in [2.45, 2.75) is 19.4 Å². The van der Waals surface area contributed by atoms with Crippen LogP contribution in [0.1, 0.15) is 12.2 Å². The molecule has 0 radical (unpaired) electrons. The van der Waals surface area contributed by atoms with Crippen LogP contribution < -0.4 is 10.6 Å². The van der Waals surface area contributed by atoms with Gasteiger partial charge in [-0.05, 0) is 31.5 Å². The topological polar surface area (TPSA) is 87.4 Å². The van der Waals surface area contributed by atoms with Crippen LogP contribution in [0.25, 0.3) is 11.5 Å². The second-order valence-electron chi connectivity index (χ2n) is 5.63. The molecule has 3 rings (SSSR count). The predicted octanol–water partition coefficient (Wildman–Crippen LogP) is 2.71. The Labute approximate surface area is 134 Å². The fraction of sp³-hybridized carbons (Fsp3) is 0.294. The Hall–Kier alpha value is -2.60. The molecule has 1 aliphatic carbocycles. The Balaban J connectivity index is 1.62. The van der Waals surface area contributed by atoms with E-state index in [0.29, 0.717) is 11.6 Å². The zero-order valence-corrected chi connectivity index (χ0v) is 12.8. The average Bonchev–Trinajstić information content (AvgIpc) is 3.16. The lowest BCUT2D eigenvalue weighted by molar-refractivity contribution is 0.238. The van der Waals surface area contributed by atoms with Gasteiger partial charge in [0.2, 0.25) is 5.89 Å². The molecule has 0 fully saturated rings. The Bertz CT molecular complexity index is 723. The second kappa shape index (κ2) is 6.66. The number of urea groups is 1. The molecule has 0 saturated heterocycles. The lowest BCUT2D eigenvalue weighted by Crippen LogP contribution is -2.36. The number of amides is 2. The molecule has 1 heterocycles. The number of oxazole rings is 1. The number of rotatable bonds is 4. The predicted molar refractivity (Wildman–Crippen MR) is 87.0 cm³/mol. The highest BCUT2D eigenvalue weighted by Gasteiger charge is 2.19. The summed E-state index contributed by atoms with van der Waals surface area (Å²) < 4.78 is 5.49. The molecule has 0 aliphatic heterocycles. The Kier molecular flexibility index (Phi) is 4.43. The van der Waals surface area contributed by atoms with Crippen molar-refractivity contribution in [1.29, 1.82) is 0 Å². The molecule has 120 valence electrons. The summed E-state index contributed by atoms with van der Waals surface area (Å²) in [5, 5.41) is 14.8. The maximum absolute atomic E-state index is 12.1. The summed E-state index contributed by atoms with van der Waals surface area (Å²) in [6.07, 6.45) is 6.22. The van der Waals surface area contributed by atoms with Gasteiger partial charge in [-0.25, -0.2) is 9.78 Å². The van der Waals surface area contributed by atoms with E-state index in [1.165, 1.54) is 0 Å². The molecule has 2 amide bonds. The number of aliphatic hydroxyl groups excluding tert-OH is 1. The third-order valence-corrected chi connectivity index (χ3v) is 3.71. The van der Waals surface area contributed by atoms with Crippen molar-refractivity contribution in [2.75, 3.05) is 11.9 Å². The largest absolute Gasteiger partial charge is 0.441 e. The van der Waals surface area contributed by atoms with Crippen molar-refractivity contribution in [3.63, 3.8) is 0 Å². The molecule has 2 aromatic rings. The van der Waals surface area contributed by atoms with Crippen LogP contribution in [-0.2, 0) is 0 Å². The number of hydrogen-bond acceptors (Lipinski definition) is 4. The third-order valence-electron chi connectivity index (χ3n) is 3.71. The average molecular weight is 313 g/mol. The van der Waals surface area contributed by atoms with E-state index >= 15 is 0 Å². The monoisotopic (exact) mass is 313 g/mol. The second-order valence-corrected chi connectivity index (χ2v) is 5.63. The first-order valence-electron chi connectivity index (χ1n) is 7.53. The lowest BCUT2D eigenvalue weighted by Gasteiger charge is -2.13. The van der Waals surface area contributed by atoms with Crippen molar-refractivity contribution in [3.8, 4) is 11.5 Å². The van der Waals surface area contributed by atoms with Crippen molar-refractivity contribution in [1.82, 2.24) is 10.3 Å². The van der Waals surface area contributed by atoms with Gasteiger partial charge in [-0.2, -0.15) is 0 Å². The summed E-state index contributed by atoms with van der Waals surface area (Å²) in [5.41, 5.74) is 1.47. The molecule has 1 aromatic heterocycles. The van der Waals surface area contributed by atoms with Gasteiger partial charge in [0.05, 0.1) is 6.20 Å². The number of anilines is 1. The van der Waals surface area contributed by atoms with E-state index in [4.69, 9.17) is 9.52 Å². The van der Waals surface area contributed by atoms with Crippen molar-refractivity contribution >= 4 is 11.7 Å².